The standard InChI is InChI=1S/C23H29N3O3/c1-23(2,3)18-6-4-17(5-7-18)22(28)24-16-21(27)25-19-8-10-20(11-9-19)26-12-14-29-15-13-26/h4-11H,12-16H2,1-3H3,(H,24,28)(H,25,27). The molecule has 0 spiro atoms. The fourth-order valence-electron chi connectivity index (χ4n) is 3.17. The molecule has 2 aromatic carbocycles. The fraction of sp³-hybridized carbons (Fsp3) is 0.391. The van der Waals surface area contributed by atoms with Crippen molar-refractivity contribution in [2.75, 3.05) is 43.1 Å². The summed E-state index contributed by atoms with van der Waals surface area (Å²) in [5.74, 6) is -0.521. The van der Waals surface area contributed by atoms with Crippen LogP contribution in [0.15, 0.2) is 48.5 Å². The summed E-state index contributed by atoms with van der Waals surface area (Å²) in [6.07, 6.45) is 0. The quantitative estimate of drug-likeness (QED) is 0.816. The topological polar surface area (TPSA) is 70.7 Å². The Morgan fingerprint density at radius 1 is 0.966 bits per heavy atom. The summed E-state index contributed by atoms with van der Waals surface area (Å²) in [4.78, 5) is 26.7. The van der Waals surface area contributed by atoms with E-state index in [1.165, 1.54) is 0 Å². The normalized spacial score (nSPS) is 14.4. The zero-order valence-electron chi connectivity index (χ0n) is 17.3. The number of nitrogens with zero attached hydrogens (tertiary/aromatic N) is 1. The first kappa shape index (κ1) is 20.9. The highest BCUT2D eigenvalue weighted by Gasteiger charge is 2.15. The highest BCUT2D eigenvalue weighted by molar-refractivity contribution is 5.99. The van der Waals surface area contributed by atoms with E-state index in [2.05, 4.69) is 36.3 Å². The molecule has 1 aliphatic heterocycles. The van der Waals surface area contributed by atoms with Crippen LogP contribution in [0.4, 0.5) is 11.4 Å². The number of anilines is 2. The molecule has 0 radical (unpaired) electrons. The molecular formula is C23H29N3O3. The van der Waals surface area contributed by atoms with Gasteiger partial charge in [0.15, 0.2) is 0 Å². The molecule has 154 valence electrons. The van der Waals surface area contributed by atoms with E-state index >= 15 is 0 Å². The van der Waals surface area contributed by atoms with Gasteiger partial charge in [-0.2, -0.15) is 0 Å². The number of carbonyl (C=O) groups excluding carboxylic acids is 2. The fourth-order valence-corrected chi connectivity index (χ4v) is 3.17. The molecule has 1 saturated heterocycles. The van der Waals surface area contributed by atoms with E-state index in [0.29, 0.717) is 11.3 Å². The molecule has 0 bridgehead atoms. The van der Waals surface area contributed by atoms with E-state index in [1.807, 2.05) is 36.4 Å². The number of hydrogen-bond donors (Lipinski definition) is 2. The first-order chi connectivity index (χ1) is 13.8. The van der Waals surface area contributed by atoms with Crippen LogP contribution in [0, 0.1) is 0 Å². The van der Waals surface area contributed by atoms with Crippen molar-refractivity contribution in [1.29, 1.82) is 0 Å². The van der Waals surface area contributed by atoms with Crippen molar-refractivity contribution in [2.24, 2.45) is 0 Å². The molecule has 0 aliphatic carbocycles. The van der Waals surface area contributed by atoms with Crippen LogP contribution in [0.5, 0.6) is 0 Å². The molecule has 0 unspecified atom stereocenters. The van der Waals surface area contributed by atoms with Crippen LogP contribution in [-0.2, 0) is 14.9 Å². The maximum Gasteiger partial charge on any atom is 0.251 e. The number of hydrogen-bond acceptors (Lipinski definition) is 4. The Balaban J connectivity index is 1.48. The Hall–Kier alpha value is -2.86. The SMILES string of the molecule is CC(C)(C)c1ccc(C(=O)NCC(=O)Nc2ccc(N3CCOCC3)cc2)cc1. The molecule has 1 fully saturated rings. The van der Waals surface area contributed by atoms with Gasteiger partial charge in [-0.25, -0.2) is 0 Å². The maximum atomic E-state index is 12.3. The smallest absolute Gasteiger partial charge is 0.251 e. The van der Waals surface area contributed by atoms with Crippen molar-refractivity contribution in [3.05, 3.63) is 59.7 Å². The summed E-state index contributed by atoms with van der Waals surface area (Å²) < 4.78 is 5.36. The van der Waals surface area contributed by atoms with Crippen LogP contribution in [0.2, 0.25) is 0 Å². The van der Waals surface area contributed by atoms with Crippen LogP contribution in [0.3, 0.4) is 0 Å². The van der Waals surface area contributed by atoms with Crippen molar-refractivity contribution in [1.82, 2.24) is 5.32 Å². The van der Waals surface area contributed by atoms with Gasteiger partial charge in [-0.1, -0.05) is 32.9 Å². The van der Waals surface area contributed by atoms with E-state index in [-0.39, 0.29) is 23.8 Å². The van der Waals surface area contributed by atoms with E-state index in [9.17, 15) is 9.59 Å². The predicted octanol–water partition coefficient (Wildman–Crippen LogP) is 3.19. The molecule has 3 rings (SSSR count). The van der Waals surface area contributed by atoms with Crippen LogP contribution >= 0.6 is 0 Å². The number of carbonyl (C=O) groups is 2. The van der Waals surface area contributed by atoms with Gasteiger partial charge in [0.25, 0.3) is 5.91 Å². The molecule has 2 amide bonds. The Kier molecular flexibility index (Phi) is 6.54. The van der Waals surface area contributed by atoms with Gasteiger partial charge in [0.1, 0.15) is 0 Å². The number of morpholine rings is 1. The van der Waals surface area contributed by atoms with E-state index in [0.717, 1.165) is 37.6 Å². The molecule has 2 N–H and O–H groups in total. The van der Waals surface area contributed by atoms with Gasteiger partial charge in [-0.3, -0.25) is 9.59 Å². The van der Waals surface area contributed by atoms with Gasteiger partial charge in [-0.05, 0) is 47.4 Å². The Labute approximate surface area is 172 Å². The van der Waals surface area contributed by atoms with Crippen LogP contribution in [-0.4, -0.2) is 44.7 Å². The Bertz CT molecular complexity index is 833. The van der Waals surface area contributed by atoms with Crippen molar-refractivity contribution in [3.8, 4) is 0 Å². The third-order valence-corrected chi connectivity index (χ3v) is 4.95. The highest BCUT2D eigenvalue weighted by atomic mass is 16.5. The van der Waals surface area contributed by atoms with Crippen molar-refractivity contribution in [2.45, 2.75) is 26.2 Å². The Morgan fingerprint density at radius 3 is 2.17 bits per heavy atom. The van der Waals surface area contributed by atoms with Crippen LogP contribution < -0.4 is 15.5 Å². The van der Waals surface area contributed by atoms with E-state index < -0.39 is 0 Å². The Morgan fingerprint density at radius 2 is 1.59 bits per heavy atom. The van der Waals surface area contributed by atoms with E-state index in [4.69, 9.17) is 4.74 Å². The van der Waals surface area contributed by atoms with Gasteiger partial charge in [0, 0.05) is 30.0 Å². The van der Waals surface area contributed by atoms with Gasteiger partial charge in [0.2, 0.25) is 5.91 Å². The third-order valence-electron chi connectivity index (χ3n) is 4.95. The highest BCUT2D eigenvalue weighted by Crippen LogP contribution is 2.22. The second kappa shape index (κ2) is 9.09. The van der Waals surface area contributed by atoms with Crippen molar-refractivity contribution >= 4 is 23.2 Å². The lowest BCUT2D eigenvalue weighted by Gasteiger charge is -2.28. The monoisotopic (exact) mass is 395 g/mol. The number of benzene rings is 2. The molecule has 29 heavy (non-hydrogen) atoms. The summed E-state index contributed by atoms with van der Waals surface area (Å²) in [5, 5.41) is 5.48. The summed E-state index contributed by atoms with van der Waals surface area (Å²) in [6, 6.07) is 15.2. The molecule has 1 aliphatic rings. The molecule has 2 aromatic rings. The minimum atomic E-state index is -0.261. The molecule has 0 saturated carbocycles. The average Bonchev–Trinajstić information content (AvgIpc) is 2.73. The third kappa shape index (κ3) is 5.81. The van der Waals surface area contributed by atoms with Gasteiger partial charge >= 0.3 is 0 Å². The minimum Gasteiger partial charge on any atom is -0.378 e. The van der Waals surface area contributed by atoms with Gasteiger partial charge in [0.05, 0.1) is 19.8 Å². The second-order valence-electron chi connectivity index (χ2n) is 8.20. The summed E-state index contributed by atoms with van der Waals surface area (Å²) in [6.45, 7) is 9.50. The number of nitrogens with one attached hydrogen (secondary N) is 2. The first-order valence-electron chi connectivity index (χ1n) is 9.94. The average molecular weight is 396 g/mol. The second-order valence-corrected chi connectivity index (χ2v) is 8.20. The molecule has 0 aromatic heterocycles. The first-order valence-corrected chi connectivity index (χ1v) is 9.94. The molecular weight excluding hydrogens is 366 g/mol. The van der Waals surface area contributed by atoms with Crippen LogP contribution in [0.25, 0.3) is 0 Å². The van der Waals surface area contributed by atoms with Crippen molar-refractivity contribution < 1.29 is 14.3 Å². The molecule has 6 nitrogen and oxygen atoms in total. The van der Waals surface area contributed by atoms with Gasteiger partial charge in [-0.15, -0.1) is 0 Å². The zero-order valence-corrected chi connectivity index (χ0v) is 17.3. The summed E-state index contributed by atoms with van der Waals surface area (Å²) in [7, 11) is 0. The summed E-state index contributed by atoms with van der Waals surface area (Å²) in [5.41, 5.74) is 3.55. The lowest BCUT2D eigenvalue weighted by atomic mass is 9.87. The largest absolute Gasteiger partial charge is 0.378 e. The van der Waals surface area contributed by atoms with E-state index in [1.54, 1.807) is 12.1 Å². The molecule has 6 heteroatoms. The number of rotatable bonds is 5. The molecule has 1 heterocycles. The van der Waals surface area contributed by atoms with Crippen molar-refractivity contribution in [3.63, 3.8) is 0 Å². The summed E-state index contributed by atoms with van der Waals surface area (Å²) >= 11 is 0. The van der Waals surface area contributed by atoms with Gasteiger partial charge < -0.3 is 20.3 Å². The maximum absolute atomic E-state index is 12.3. The molecule has 0 atom stereocenters. The number of ether oxygens (including phenoxy) is 1. The lowest BCUT2D eigenvalue weighted by molar-refractivity contribution is -0.115. The lowest BCUT2D eigenvalue weighted by Crippen LogP contribution is -2.36. The minimum absolute atomic E-state index is 0.0339. The van der Waals surface area contributed by atoms with Crippen LogP contribution in [0.1, 0.15) is 36.7 Å². The predicted molar refractivity (Wildman–Crippen MR) is 116 cm³/mol. The zero-order chi connectivity index (χ0) is 20.9. The number of amides is 2.